The molecule has 2 fully saturated rings. The summed E-state index contributed by atoms with van der Waals surface area (Å²) in [4.78, 5) is 0. The number of rotatable bonds is 3. The molecule has 2 aliphatic rings. The minimum absolute atomic E-state index is 0.316. The van der Waals surface area contributed by atoms with Crippen molar-refractivity contribution in [3.8, 4) is 0 Å². The summed E-state index contributed by atoms with van der Waals surface area (Å²) in [5, 5.41) is 10.1. The zero-order valence-corrected chi connectivity index (χ0v) is 12.7. The van der Waals surface area contributed by atoms with E-state index in [4.69, 9.17) is 9.31 Å². The van der Waals surface area contributed by atoms with E-state index in [2.05, 4.69) is 27.7 Å². The van der Waals surface area contributed by atoms with Crippen molar-refractivity contribution in [3.05, 3.63) is 29.8 Å². The van der Waals surface area contributed by atoms with E-state index in [1.807, 2.05) is 24.3 Å². The number of aliphatic hydroxyl groups excluding tert-OH is 1. The van der Waals surface area contributed by atoms with Gasteiger partial charge in [0, 0.05) is 0 Å². The first kappa shape index (κ1) is 14.1. The maximum Gasteiger partial charge on any atom is 0.494 e. The Morgan fingerprint density at radius 2 is 1.55 bits per heavy atom. The fraction of sp³-hybridized carbons (Fsp3) is 0.625. The van der Waals surface area contributed by atoms with Crippen molar-refractivity contribution in [1.82, 2.24) is 0 Å². The third-order valence-electron chi connectivity index (χ3n) is 4.87. The van der Waals surface area contributed by atoms with Gasteiger partial charge in [-0.3, -0.25) is 0 Å². The zero-order chi connectivity index (χ0) is 14.5. The van der Waals surface area contributed by atoms with Crippen LogP contribution in [0.2, 0.25) is 0 Å². The lowest BCUT2D eigenvalue weighted by molar-refractivity contribution is 0.00578. The van der Waals surface area contributed by atoms with Crippen LogP contribution in [-0.2, 0) is 9.31 Å². The molecule has 0 spiro atoms. The summed E-state index contributed by atoms with van der Waals surface area (Å²) in [6.45, 7) is 8.22. The summed E-state index contributed by atoms with van der Waals surface area (Å²) in [7, 11) is -0.327. The van der Waals surface area contributed by atoms with Crippen LogP contribution in [0.3, 0.4) is 0 Å². The molecule has 0 radical (unpaired) electrons. The number of hydrogen-bond acceptors (Lipinski definition) is 3. The molecule has 1 saturated carbocycles. The average Bonchev–Trinajstić information content (AvgIpc) is 3.17. The second kappa shape index (κ2) is 4.59. The summed E-state index contributed by atoms with van der Waals surface area (Å²) in [5.74, 6) is 0.456. The fourth-order valence-electron chi connectivity index (χ4n) is 2.51. The molecule has 1 aromatic carbocycles. The van der Waals surface area contributed by atoms with E-state index in [9.17, 15) is 5.11 Å². The van der Waals surface area contributed by atoms with Gasteiger partial charge in [-0.05, 0) is 57.5 Å². The van der Waals surface area contributed by atoms with Crippen molar-refractivity contribution in [3.63, 3.8) is 0 Å². The molecule has 3 rings (SSSR count). The molecule has 4 heteroatoms. The monoisotopic (exact) mass is 274 g/mol. The molecule has 1 N–H and O–H groups in total. The average molecular weight is 274 g/mol. The smallest absolute Gasteiger partial charge is 0.399 e. The van der Waals surface area contributed by atoms with E-state index in [0.29, 0.717) is 5.92 Å². The van der Waals surface area contributed by atoms with E-state index in [0.717, 1.165) is 23.9 Å². The first-order valence-electron chi connectivity index (χ1n) is 7.44. The van der Waals surface area contributed by atoms with Crippen molar-refractivity contribution in [2.24, 2.45) is 5.92 Å². The van der Waals surface area contributed by atoms with E-state index in [1.165, 1.54) is 0 Å². The van der Waals surface area contributed by atoms with E-state index >= 15 is 0 Å². The lowest BCUT2D eigenvalue weighted by Crippen LogP contribution is -2.41. The maximum atomic E-state index is 10.1. The summed E-state index contributed by atoms with van der Waals surface area (Å²) < 4.78 is 12.1. The molecule has 1 atom stereocenters. The van der Waals surface area contributed by atoms with Crippen LogP contribution < -0.4 is 5.46 Å². The van der Waals surface area contributed by atoms with Gasteiger partial charge in [0.1, 0.15) is 0 Å². The minimum Gasteiger partial charge on any atom is -0.399 e. The molecule has 0 bridgehead atoms. The summed E-state index contributed by atoms with van der Waals surface area (Å²) in [6.07, 6.45) is 1.96. The number of hydrogen-bond donors (Lipinski definition) is 1. The van der Waals surface area contributed by atoms with E-state index < -0.39 is 0 Å². The van der Waals surface area contributed by atoms with Crippen LogP contribution in [0.4, 0.5) is 0 Å². The predicted molar refractivity (Wildman–Crippen MR) is 79.8 cm³/mol. The molecule has 1 saturated heterocycles. The Bertz CT molecular complexity index is 475. The number of aliphatic hydroxyl groups is 1. The molecule has 1 heterocycles. The second-order valence-electron chi connectivity index (χ2n) is 7.04. The molecule has 1 aliphatic carbocycles. The molecule has 1 aliphatic heterocycles. The summed E-state index contributed by atoms with van der Waals surface area (Å²) >= 11 is 0. The highest BCUT2D eigenvalue weighted by molar-refractivity contribution is 6.62. The van der Waals surface area contributed by atoms with Crippen molar-refractivity contribution >= 4 is 12.6 Å². The van der Waals surface area contributed by atoms with Crippen LogP contribution >= 0.6 is 0 Å². The molecule has 1 aromatic rings. The highest BCUT2D eigenvalue weighted by Gasteiger charge is 2.51. The Morgan fingerprint density at radius 1 is 1.05 bits per heavy atom. The normalized spacial score (nSPS) is 25.8. The van der Waals surface area contributed by atoms with E-state index in [-0.39, 0.29) is 24.4 Å². The van der Waals surface area contributed by atoms with Crippen LogP contribution in [0.15, 0.2) is 24.3 Å². The van der Waals surface area contributed by atoms with Gasteiger partial charge in [-0.2, -0.15) is 0 Å². The Kier molecular flexibility index (Phi) is 3.24. The SMILES string of the molecule is CC1(C)OB(c2ccc(C(O)C3CC3)cc2)OC1(C)C. The Morgan fingerprint density at radius 3 is 2.00 bits per heavy atom. The van der Waals surface area contributed by atoms with Gasteiger partial charge < -0.3 is 14.4 Å². The third kappa shape index (κ3) is 2.41. The van der Waals surface area contributed by atoms with Gasteiger partial charge in [0.25, 0.3) is 0 Å². The molecular formula is C16H23BO3. The summed E-state index contributed by atoms with van der Waals surface area (Å²) in [6, 6.07) is 7.98. The van der Waals surface area contributed by atoms with Crippen molar-refractivity contribution < 1.29 is 14.4 Å². The largest absolute Gasteiger partial charge is 0.494 e. The van der Waals surface area contributed by atoms with Crippen LogP contribution in [0.5, 0.6) is 0 Å². The van der Waals surface area contributed by atoms with Crippen molar-refractivity contribution in [1.29, 1.82) is 0 Å². The Labute approximate surface area is 121 Å². The predicted octanol–water partition coefficient (Wildman–Crippen LogP) is 2.43. The van der Waals surface area contributed by atoms with Gasteiger partial charge in [0.15, 0.2) is 0 Å². The highest BCUT2D eigenvalue weighted by atomic mass is 16.7. The lowest BCUT2D eigenvalue weighted by atomic mass is 9.78. The Hall–Kier alpha value is -0.835. The quantitative estimate of drug-likeness (QED) is 0.860. The lowest BCUT2D eigenvalue weighted by Gasteiger charge is -2.32. The molecule has 20 heavy (non-hydrogen) atoms. The standard InChI is InChI=1S/C16H23BO3/c1-15(2)16(3,4)20-17(19-15)13-9-7-12(8-10-13)14(18)11-5-6-11/h7-11,14,18H,5-6H2,1-4H3. The van der Waals surface area contributed by atoms with Gasteiger partial charge in [-0.15, -0.1) is 0 Å². The molecule has 1 unspecified atom stereocenters. The Balaban J connectivity index is 1.75. The second-order valence-corrected chi connectivity index (χ2v) is 7.04. The molecular weight excluding hydrogens is 251 g/mol. The molecule has 0 aromatic heterocycles. The third-order valence-corrected chi connectivity index (χ3v) is 4.87. The molecule has 108 valence electrons. The van der Waals surface area contributed by atoms with Gasteiger partial charge in [-0.25, -0.2) is 0 Å². The molecule has 3 nitrogen and oxygen atoms in total. The van der Waals surface area contributed by atoms with Crippen LogP contribution in [0.1, 0.15) is 52.2 Å². The van der Waals surface area contributed by atoms with Crippen LogP contribution in [-0.4, -0.2) is 23.4 Å². The first-order valence-corrected chi connectivity index (χ1v) is 7.44. The van der Waals surface area contributed by atoms with Crippen molar-refractivity contribution in [2.45, 2.75) is 57.8 Å². The topological polar surface area (TPSA) is 38.7 Å². The van der Waals surface area contributed by atoms with Gasteiger partial charge >= 0.3 is 7.12 Å². The van der Waals surface area contributed by atoms with Crippen LogP contribution in [0.25, 0.3) is 0 Å². The zero-order valence-electron chi connectivity index (χ0n) is 12.7. The van der Waals surface area contributed by atoms with Crippen LogP contribution in [0, 0.1) is 5.92 Å². The van der Waals surface area contributed by atoms with Gasteiger partial charge in [-0.1, -0.05) is 24.3 Å². The van der Waals surface area contributed by atoms with Crippen molar-refractivity contribution in [2.75, 3.05) is 0 Å². The molecule has 0 amide bonds. The fourth-order valence-corrected chi connectivity index (χ4v) is 2.51. The van der Waals surface area contributed by atoms with E-state index in [1.54, 1.807) is 0 Å². The first-order chi connectivity index (χ1) is 9.30. The van der Waals surface area contributed by atoms with Gasteiger partial charge in [0.2, 0.25) is 0 Å². The summed E-state index contributed by atoms with van der Waals surface area (Å²) in [5.41, 5.74) is 1.37. The minimum atomic E-state index is -0.327. The van der Waals surface area contributed by atoms with Gasteiger partial charge in [0.05, 0.1) is 17.3 Å². The maximum absolute atomic E-state index is 10.1. The number of benzene rings is 1. The highest BCUT2D eigenvalue weighted by Crippen LogP contribution is 2.41.